The average Bonchev–Trinajstić information content (AvgIpc) is 2.83. The predicted octanol–water partition coefficient (Wildman–Crippen LogP) is 7.04. The smallest absolute Gasteiger partial charge is 0.119 e. The van der Waals surface area contributed by atoms with Crippen LogP contribution in [0, 0.1) is 0 Å². The highest BCUT2D eigenvalue weighted by Gasteiger charge is 2.14. The van der Waals surface area contributed by atoms with Gasteiger partial charge < -0.3 is 4.74 Å². The molecule has 0 saturated carbocycles. The van der Waals surface area contributed by atoms with E-state index in [2.05, 4.69) is 44.3 Å². The van der Waals surface area contributed by atoms with Crippen LogP contribution in [0.15, 0.2) is 95.2 Å². The quantitative estimate of drug-likeness (QED) is 0.115. The Morgan fingerprint density at radius 1 is 0.677 bits per heavy atom. The topological polar surface area (TPSA) is 107 Å². The number of benzene rings is 3. The van der Waals surface area contributed by atoms with Gasteiger partial charge in [-0.3, -0.25) is 0 Å². The summed E-state index contributed by atoms with van der Waals surface area (Å²) < 4.78 is 5.64. The number of azide groups is 2. The van der Waals surface area contributed by atoms with Crippen molar-refractivity contribution < 1.29 is 4.74 Å². The molecule has 0 saturated heterocycles. The van der Waals surface area contributed by atoms with Gasteiger partial charge in [0.25, 0.3) is 0 Å². The van der Waals surface area contributed by atoms with Crippen molar-refractivity contribution in [3.05, 3.63) is 123 Å². The van der Waals surface area contributed by atoms with E-state index in [0.717, 1.165) is 27.8 Å². The van der Waals surface area contributed by atoms with Gasteiger partial charge in [0, 0.05) is 16.4 Å². The van der Waals surface area contributed by atoms with Crippen molar-refractivity contribution in [2.75, 3.05) is 19.7 Å². The van der Waals surface area contributed by atoms with Crippen LogP contribution in [-0.2, 0) is 0 Å². The molecule has 0 aromatic heterocycles. The molecule has 3 rings (SSSR count). The van der Waals surface area contributed by atoms with Gasteiger partial charge in [-0.25, -0.2) is 0 Å². The van der Waals surface area contributed by atoms with Gasteiger partial charge in [-0.1, -0.05) is 83.0 Å². The minimum atomic E-state index is 0.283. The van der Waals surface area contributed by atoms with Crippen molar-refractivity contribution in [1.82, 2.24) is 0 Å². The molecule has 0 radical (unpaired) electrons. The molecule has 0 unspecified atom stereocenters. The van der Waals surface area contributed by atoms with Crippen LogP contribution in [-0.4, -0.2) is 19.7 Å². The lowest BCUT2D eigenvalue weighted by Crippen LogP contribution is -2.01. The Morgan fingerprint density at radius 2 is 1.23 bits per heavy atom. The molecule has 0 aliphatic carbocycles. The zero-order chi connectivity index (χ0) is 21.7. The second kappa shape index (κ2) is 11.7. The molecule has 0 bridgehead atoms. The number of hydrogen-bond donors (Lipinski definition) is 0. The second-order valence-electron chi connectivity index (χ2n) is 6.62. The molecule has 7 heteroatoms. The van der Waals surface area contributed by atoms with Gasteiger partial charge in [-0.2, -0.15) is 0 Å². The van der Waals surface area contributed by atoms with E-state index in [-0.39, 0.29) is 6.54 Å². The second-order valence-corrected chi connectivity index (χ2v) is 6.62. The lowest BCUT2D eigenvalue weighted by molar-refractivity contribution is 0.328. The first-order valence-corrected chi connectivity index (χ1v) is 9.92. The van der Waals surface area contributed by atoms with E-state index < -0.39 is 0 Å². The largest absolute Gasteiger partial charge is 0.493 e. The molecule has 0 fully saturated rings. The summed E-state index contributed by atoms with van der Waals surface area (Å²) in [7, 11) is 0. The molecule has 0 aliphatic heterocycles. The summed E-state index contributed by atoms with van der Waals surface area (Å²) in [6.07, 6.45) is 0.614. The van der Waals surface area contributed by atoms with Crippen LogP contribution in [0.5, 0.6) is 5.75 Å². The molecule has 7 nitrogen and oxygen atoms in total. The van der Waals surface area contributed by atoms with E-state index in [1.807, 2.05) is 60.7 Å². The molecule has 0 aliphatic rings. The Kier molecular flexibility index (Phi) is 8.15. The number of nitrogens with zero attached hydrogens (tertiary/aromatic N) is 6. The minimum absolute atomic E-state index is 0.283. The highest BCUT2D eigenvalue weighted by atomic mass is 16.5. The Hall–Kier alpha value is -4.18. The summed E-state index contributed by atoms with van der Waals surface area (Å²) in [4.78, 5) is 5.64. The van der Waals surface area contributed by atoms with E-state index in [9.17, 15) is 0 Å². The number of rotatable bonds is 10. The first-order valence-electron chi connectivity index (χ1n) is 9.92. The summed E-state index contributed by atoms with van der Waals surface area (Å²) in [6.45, 7) is 0.981. The summed E-state index contributed by atoms with van der Waals surface area (Å²) >= 11 is 0. The number of hydrogen-bond acceptors (Lipinski definition) is 3. The Bertz CT molecular complexity index is 1100. The zero-order valence-electron chi connectivity index (χ0n) is 17.0. The standard InChI is InChI=1S/C24H22N6O/c25-29-27-16-15-23(19-7-3-1-4-8-19)24(20-9-5-2-6-10-20)21-11-13-22(14-12-21)31-18-17-28-30-26/h1-14H,15-18H2/b24-23-. The molecule has 3 aromatic rings. The lowest BCUT2D eigenvalue weighted by atomic mass is 9.88. The third-order valence-electron chi connectivity index (χ3n) is 4.68. The van der Waals surface area contributed by atoms with Crippen LogP contribution in [0.1, 0.15) is 23.1 Å². The van der Waals surface area contributed by atoms with Gasteiger partial charge in [0.15, 0.2) is 0 Å². The van der Waals surface area contributed by atoms with Crippen LogP contribution in [0.25, 0.3) is 32.0 Å². The van der Waals surface area contributed by atoms with Gasteiger partial charge in [0.1, 0.15) is 5.75 Å². The van der Waals surface area contributed by atoms with E-state index in [1.54, 1.807) is 0 Å². The van der Waals surface area contributed by atoms with Crippen molar-refractivity contribution >= 4 is 11.1 Å². The molecule has 0 amide bonds. The van der Waals surface area contributed by atoms with Crippen molar-refractivity contribution in [3.8, 4) is 5.75 Å². The third kappa shape index (κ3) is 6.15. The van der Waals surface area contributed by atoms with Gasteiger partial charge in [-0.05, 0) is 57.5 Å². The lowest BCUT2D eigenvalue weighted by Gasteiger charge is -2.17. The van der Waals surface area contributed by atoms with Gasteiger partial charge in [0.2, 0.25) is 0 Å². The van der Waals surface area contributed by atoms with Crippen LogP contribution < -0.4 is 4.74 Å². The summed E-state index contributed by atoms with van der Waals surface area (Å²) in [5, 5.41) is 7.24. The summed E-state index contributed by atoms with van der Waals surface area (Å²) in [5.74, 6) is 0.708. The maximum atomic E-state index is 8.76. The van der Waals surface area contributed by atoms with E-state index in [1.165, 1.54) is 0 Å². The van der Waals surface area contributed by atoms with E-state index in [4.69, 9.17) is 15.8 Å². The first kappa shape index (κ1) is 21.5. The fourth-order valence-electron chi connectivity index (χ4n) is 3.35. The molecule has 0 N–H and O–H groups in total. The van der Waals surface area contributed by atoms with E-state index >= 15 is 0 Å². The van der Waals surface area contributed by atoms with Crippen LogP contribution in [0.3, 0.4) is 0 Å². The molecule has 0 heterocycles. The van der Waals surface area contributed by atoms with E-state index in [0.29, 0.717) is 25.3 Å². The molecule has 0 atom stereocenters. The minimum Gasteiger partial charge on any atom is -0.493 e. The van der Waals surface area contributed by atoms with Crippen LogP contribution in [0.4, 0.5) is 0 Å². The maximum absolute atomic E-state index is 8.76. The third-order valence-corrected chi connectivity index (χ3v) is 4.68. The molecule has 154 valence electrons. The monoisotopic (exact) mass is 410 g/mol. The normalized spacial score (nSPS) is 11.0. The van der Waals surface area contributed by atoms with Crippen molar-refractivity contribution in [3.63, 3.8) is 0 Å². The van der Waals surface area contributed by atoms with Crippen LogP contribution >= 0.6 is 0 Å². The fraction of sp³-hybridized carbons (Fsp3) is 0.167. The fourth-order valence-corrected chi connectivity index (χ4v) is 3.35. The molecule has 3 aromatic carbocycles. The molecular weight excluding hydrogens is 388 g/mol. The predicted molar refractivity (Wildman–Crippen MR) is 123 cm³/mol. The Balaban J connectivity index is 2.06. The van der Waals surface area contributed by atoms with Crippen molar-refractivity contribution in [1.29, 1.82) is 0 Å². The summed E-state index contributed by atoms with van der Waals surface area (Å²) in [6, 6.07) is 28.2. The zero-order valence-corrected chi connectivity index (χ0v) is 17.0. The average molecular weight is 410 g/mol. The van der Waals surface area contributed by atoms with Crippen molar-refractivity contribution in [2.24, 2.45) is 10.2 Å². The SMILES string of the molecule is [N-]=[N+]=NCCOc1ccc(/C(=C(/CCN=[N+]=[N-])c2ccccc2)c2ccccc2)cc1. The number of ether oxygens (including phenoxy) is 1. The van der Waals surface area contributed by atoms with Crippen LogP contribution in [0.2, 0.25) is 0 Å². The summed E-state index contributed by atoms with van der Waals surface area (Å²) in [5.41, 5.74) is 22.5. The molecular formula is C24H22N6O. The first-order chi connectivity index (χ1) is 15.3. The van der Waals surface area contributed by atoms with Gasteiger partial charge in [0.05, 0.1) is 13.2 Å². The molecule has 0 spiro atoms. The Morgan fingerprint density at radius 3 is 1.84 bits per heavy atom. The van der Waals surface area contributed by atoms with Gasteiger partial charge >= 0.3 is 0 Å². The van der Waals surface area contributed by atoms with Crippen molar-refractivity contribution in [2.45, 2.75) is 6.42 Å². The highest BCUT2D eigenvalue weighted by Crippen LogP contribution is 2.35. The molecule has 31 heavy (non-hydrogen) atoms. The Labute approximate surface area is 180 Å². The van der Waals surface area contributed by atoms with Gasteiger partial charge in [-0.15, -0.1) is 0 Å². The highest BCUT2D eigenvalue weighted by molar-refractivity contribution is 5.98. The maximum Gasteiger partial charge on any atom is 0.119 e.